The highest BCUT2D eigenvalue weighted by molar-refractivity contribution is 6.30. The van der Waals surface area contributed by atoms with E-state index in [1.807, 2.05) is 46.0 Å². The fraction of sp³-hybridized carbons (Fsp3) is 0.450. The van der Waals surface area contributed by atoms with Gasteiger partial charge in [-0.2, -0.15) is 5.26 Å². The predicted octanol–water partition coefficient (Wildman–Crippen LogP) is 2.85. The molecule has 148 valence electrons. The predicted molar refractivity (Wildman–Crippen MR) is 107 cm³/mol. The van der Waals surface area contributed by atoms with Gasteiger partial charge < -0.3 is 14.2 Å². The summed E-state index contributed by atoms with van der Waals surface area (Å²) < 4.78 is 5.57. The van der Waals surface area contributed by atoms with Crippen LogP contribution in [0.4, 0.5) is 5.88 Å². The number of hydrogen-bond acceptors (Lipinski definition) is 6. The van der Waals surface area contributed by atoms with Gasteiger partial charge in [0.2, 0.25) is 17.5 Å². The lowest BCUT2D eigenvalue weighted by Crippen LogP contribution is -2.51. The summed E-state index contributed by atoms with van der Waals surface area (Å²) in [5, 5.41) is 9.89. The molecular weight excluding hydrogens is 378 g/mol. The molecule has 2 heterocycles. The van der Waals surface area contributed by atoms with Crippen LogP contribution in [-0.4, -0.2) is 60.5 Å². The monoisotopic (exact) mass is 401 g/mol. The summed E-state index contributed by atoms with van der Waals surface area (Å²) in [4.78, 5) is 22.7. The van der Waals surface area contributed by atoms with Gasteiger partial charge >= 0.3 is 0 Å². The van der Waals surface area contributed by atoms with Gasteiger partial charge in [-0.05, 0) is 31.7 Å². The van der Waals surface area contributed by atoms with Gasteiger partial charge in [-0.3, -0.25) is 9.69 Å². The zero-order valence-corrected chi connectivity index (χ0v) is 17.1. The molecule has 1 saturated heterocycles. The molecule has 1 aromatic carbocycles. The average molecular weight is 402 g/mol. The van der Waals surface area contributed by atoms with Crippen LogP contribution in [0.25, 0.3) is 0 Å². The van der Waals surface area contributed by atoms with E-state index in [0.29, 0.717) is 55.2 Å². The topological polar surface area (TPSA) is 76.6 Å². The molecule has 0 spiro atoms. The fourth-order valence-corrected chi connectivity index (χ4v) is 3.43. The number of anilines is 1. The van der Waals surface area contributed by atoms with Crippen LogP contribution in [0.3, 0.4) is 0 Å². The molecule has 0 bridgehead atoms. The zero-order valence-electron chi connectivity index (χ0n) is 16.4. The molecule has 28 heavy (non-hydrogen) atoms. The molecular formula is C20H24ClN5O2. The smallest absolute Gasteiger partial charge is 0.236 e. The average Bonchev–Trinajstić information content (AvgIpc) is 3.09. The first-order chi connectivity index (χ1) is 13.4. The number of benzene rings is 1. The van der Waals surface area contributed by atoms with Crippen LogP contribution in [0.5, 0.6) is 0 Å². The Morgan fingerprint density at radius 1 is 1.32 bits per heavy atom. The van der Waals surface area contributed by atoms with Crippen LogP contribution in [0.15, 0.2) is 28.7 Å². The molecule has 3 rings (SSSR count). The third-order valence-electron chi connectivity index (χ3n) is 5.14. The van der Waals surface area contributed by atoms with Crippen molar-refractivity contribution in [1.82, 2.24) is 14.8 Å². The van der Waals surface area contributed by atoms with E-state index in [2.05, 4.69) is 18.0 Å². The van der Waals surface area contributed by atoms with Gasteiger partial charge in [0.1, 0.15) is 6.07 Å². The quantitative estimate of drug-likeness (QED) is 0.766. The maximum atomic E-state index is 12.7. The molecule has 1 fully saturated rings. The zero-order chi connectivity index (χ0) is 20.3. The van der Waals surface area contributed by atoms with Crippen molar-refractivity contribution in [3.63, 3.8) is 0 Å². The number of aromatic nitrogens is 1. The molecule has 1 atom stereocenters. The Morgan fingerprint density at radius 3 is 2.57 bits per heavy atom. The standard InChI is InChI=1S/C20H24ClN5O2/c1-14(16-4-6-17(21)7-5-16)24(3)13-19(27)25-8-10-26(11-9-25)20-18(12-22)23-15(2)28-20/h4-7,14H,8-11,13H2,1-3H3/t14-/m1/s1. The second-order valence-electron chi connectivity index (χ2n) is 7.01. The number of amides is 1. The highest BCUT2D eigenvalue weighted by Crippen LogP contribution is 2.23. The fourth-order valence-electron chi connectivity index (χ4n) is 3.31. The second-order valence-corrected chi connectivity index (χ2v) is 7.45. The van der Waals surface area contributed by atoms with Crippen LogP contribution >= 0.6 is 11.6 Å². The van der Waals surface area contributed by atoms with Crippen molar-refractivity contribution in [3.05, 3.63) is 46.4 Å². The molecule has 2 aromatic rings. The van der Waals surface area contributed by atoms with E-state index in [1.54, 1.807) is 6.92 Å². The number of likely N-dealkylation sites (N-methyl/N-ethyl adjacent to an activating group) is 1. The van der Waals surface area contributed by atoms with Gasteiger partial charge in [0, 0.05) is 44.2 Å². The normalized spacial score (nSPS) is 15.6. The number of hydrogen-bond donors (Lipinski definition) is 0. The Kier molecular flexibility index (Phi) is 6.22. The van der Waals surface area contributed by atoms with Crippen LogP contribution in [0, 0.1) is 18.3 Å². The minimum atomic E-state index is 0.0946. The van der Waals surface area contributed by atoms with Gasteiger partial charge in [0.05, 0.1) is 6.54 Å². The summed E-state index contributed by atoms with van der Waals surface area (Å²) in [5.41, 5.74) is 1.42. The first kappa shape index (κ1) is 20.2. The highest BCUT2D eigenvalue weighted by atomic mass is 35.5. The minimum absolute atomic E-state index is 0.0946. The van der Waals surface area contributed by atoms with Gasteiger partial charge in [0.15, 0.2) is 5.89 Å². The van der Waals surface area contributed by atoms with E-state index < -0.39 is 0 Å². The number of nitrogens with zero attached hydrogens (tertiary/aromatic N) is 5. The summed E-state index contributed by atoms with van der Waals surface area (Å²) in [6, 6.07) is 9.87. The van der Waals surface area contributed by atoms with Crippen LogP contribution in [-0.2, 0) is 4.79 Å². The third kappa shape index (κ3) is 4.46. The van der Waals surface area contributed by atoms with E-state index in [4.69, 9.17) is 16.0 Å². The van der Waals surface area contributed by atoms with Crippen molar-refractivity contribution in [3.8, 4) is 6.07 Å². The molecule has 0 radical (unpaired) electrons. The minimum Gasteiger partial charge on any atom is -0.424 e. The largest absolute Gasteiger partial charge is 0.424 e. The number of nitriles is 1. The van der Waals surface area contributed by atoms with E-state index in [0.717, 1.165) is 5.56 Å². The van der Waals surface area contributed by atoms with E-state index in [-0.39, 0.29) is 11.9 Å². The summed E-state index contributed by atoms with van der Waals surface area (Å²) in [6.07, 6.45) is 0. The molecule has 7 nitrogen and oxygen atoms in total. The summed E-state index contributed by atoms with van der Waals surface area (Å²) >= 11 is 5.95. The van der Waals surface area contributed by atoms with Crippen LogP contribution in [0.2, 0.25) is 5.02 Å². The second kappa shape index (κ2) is 8.63. The first-order valence-corrected chi connectivity index (χ1v) is 9.62. The van der Waals surface area contributed by atoms with E-state index in [1.165, 1.54) is 0 Å². The molecule has 0 aliphatic carbocycles. The Balaban J connectivity index is 1.55. The first-order valence-electron chi connectivity index (χ1n) is 9.25. The molecule has 1 amide bonds. The molecule has 0 unspecified atom stereocenters. The van der Waals surface area contributed by atoms with Crippen molar-refractivity contribution in [2.75, 3.05) is 44.7 Å². The van der Waals surface area contributed by atoms with Crippen molar-refractivity contribution in [2.45, 2.75) is 19.9 Å². The third-order valence-corrected chi connectivity index (χ3v) is 5.39. The molecule has 1 aromatic heterocycles. The van der Waals surface area contributed by atoms with Crippen molar-refractivity contribution >= 4 is 23.4 Å². The molecule has 1 aliphatic rings. The molecule has 0 saturated carbocycles. The summed E-state index contributed by atoms with van der Waals surface area (Å²) in [6.45, 7) is 6.55. The Bertz CT molecular complexity index is 866. The lowest BCUT2D eigenvalue weighted by molar-refractivity contribution is -0.132. The number of aryl methyl sites for hydroxylation is 1. The number of carbonyl (C=O) groups excluding carboxylic acids is 1. The maximum absolute atomic E-state index is 12.7. The van der Waals surface area contributed by atoms with Crippen molar-refractivity contribution in [1.29, 1.82) is 5.26 Å². The number of carbonyl (C=O) groups is 1. The molecule has 0 N–H and O–H groups in total. The van der Waals surface area contributed by atoms with E-state index >= 15 is 0 Å². The Labute approximate surface area is 170 Å². The van der Waals surface area contributed by atoms with E-state index in [9.17, 15) is 10.1 Å². The maximum Gasteiger partial charge on any atom is 0.236 e. The van der Waals surface area contributed by atoms with Crippen molar-refractivity contribution < 1.29 is 9.21 Å². The lowest BCUT2D eigenvalue weighted by atomic mass is 10.1. The number of oxazole rings is 1. The van der Waals surface area contributed by atoms with Crippen LogP contribution < -0.4 is 4.90 Å². The Hall–Kier alpha value is -2.56. The van der Waals surface area contributed by atoms with Gasteiger partial charge in [-0.15, -0.1) is 0 Å². The van der Waals surface area contributed by atoms with Crippen LogP contribution in [0.1, 0.15) is 30.1 Å². The number of piperazine rings is 1. The number of halogens is 1. The highest BCUT2D eigenvalue weighted by Gasteiger charge is 2.26. The van der Waals surface area contributed by atoms with Crippen molar-refractivity contribution in [2.24, 2.45) is 0 Å². The molecule has 8 heteroatoms. The van der Waals surface area contributed by atoms with Gasteiger partial charge in [-0.1, -0.05) is 23.7 Å². The van der Waals surface area contributed by atoms with Gasteiger partial charge in [-0.25, -0.2) is 4.98 Å². The SMILES string of the molecule is Cc1nc(C#N)c(N2CCN(C(=O)CN(C)[C@H](C)c3ccc(Cl)cc3)CC2)o1. The Morgan fingerprint density at radius 2 is 1.96 bits per heavy atom. The lowest BCUT2D eigenvalue weighted by Gasteiger charge is -2.36. The summed E-state index contributed by atoms with van der Waals surface area (Å²) in [7, 11) is 1.95. The van der Waals surface area contributed by atoms with Gasteiger partial charge in [0.25, 0.3) is 0 Å². The molecule has 1 aliphatic heterocycles. The number of rotatable bonds is 5. The summed E-state index contributed by atoms with van der Waals surface area (Å²) in [5.74, 6) is 1.07.